The van der Waals surface area contributed by atoms with Gasteiger partial charge in [-0.25, -0.2) is 0 Å². The van der Waals surface area contributed by atoms with Crippen molar-refractivity contribution in [1.82, 2.24) is 0 Å². The highest BCUT2D eigenvalue weighted by Crippen LogP contribution is 2.29. The van der Waals surface area contributed by atoms with Gasteiger partial charge in [0.15, 0.2) is 0 Å². The summed E-state index contributed by atoms with van der Waals surface area (Å²) in [6.45, 7) is 1.94. The Morgan fingerprint density at radius 3 is 2.70 bits per heavy atom. The van der Waals surface area contributed by atoms with Crippen LogP contribution in [0.5, 0.6) is 0 Å². The zero-order valence-electron chi connectivity index (χ0n) is 11.3. The van der Waals surface area contributed by atoms with Crippen molar-refractivity contribution in [2.24, 2.45) is 0 Å². The van der Waals surface area contributed by atoms with E-state index in [0.717, 1.165) is 31.6 Å². The van der Waals surface area contributed by atoms with Gasteiger partial charge in [0.2, 0.25) is 0 Å². The predicted octanol–water partition coefficient (Wildman–Crippen LogP) is 3.09. The van der Waals surface area contributed by atoms with Crippen LogP contribution in [0.4, 0.5) is 11.4 Å². The topological polar surface area (TPSA) is 53.0 Å². The van der Waals surface area contributed by atoms with Gasteiger partial charge in [-0.05, 0) is 54.3 Å². The highest BCUT2D eigenvalue weighted by atomic mass is 15.1. The van der Waals surface area contributed by atoms with Crippen LogP contribution >= 0.6 is 0 Å². The molecule has 2 aromatic rings. The molecule has 0 amide bonds. The van der Waals surface area contributed by atoms with Gasteiger partial charge in [-0.3, -0.25) is 0 Å². The smallest absolute Gasteiger partial charge is 0.0991 e. The summed E-state index contributed by atoms with van der Waals surface area (Å²) in [5, 5.41) is 8.83. The van der Waals surface area contributed by atoms with Crippen LogP contribution in [0, 0.1) is 11.3 Å². The Hall–Kier alpha value is -2.47. The molecule has 1 aliphatic rings. The number of nitrogens with zero attached hydrogens (tertiary/aromatic N) is 2. The first-order valence-electron chi connectivity index (χ1n) is 6.88. The molecule has 0 fully saturated rings. The molecule has 3 rings (SSSR count). The van der Waals surface area contributed by atoms with Crippen molar-refractivity contribution in [3.63, 3.8) is 0 Å². The van der Waals surface area contributed by atoms with E-state index in [9.17, 15) is 0 Å². The molecule has 0 spiro atoms. The van der Waals surface area contributed by atoms with Crippen molar-refractivity contribution in [3.05, 3.63) is 59.2 Å². The van der Waals surface area contributed by atoms with Crippen molar-refractivity contribution in [3.8, 4) is 6.07 Å². The number of rotatable bonds is 2. The largest absolute Gasteiger partial charge is 0.399 e. The molecule has 0 bridgehead atoms. The normalized spacial score (nSPS) is 13.7. The zero-order valence-corrected chi connectivity index (χ0v) is 11.3. The Balaban J connectivity index is 1.84. The van der Waals surface area contributed by atoms with Gasteiger partial charge in [-0.1, -0.05) is 12.1 Å². The van der Waals surface area contributed by atoms with Crippen molar-refractivity contribution < 1.29 is 0 Å². The van der Waals surface area contributed by atoms with Crippen molar-refractivity contribution in [2.75, 3.05) is 17.2 Å². The minimum Gasteiger partial charge on any atom is -0.399 e. The molecule has 2 aromatic carbocycles. The molecule has 1 heterocycles. The first-order valence-corrected chi connectivity index (χ1v) is 6.88. The minimum atomic E-state index is 0.709. The highest BCUT2D eigenvalue weighted by Gasteiger charge is 2.16. The second-order valence-electron chi connectivity index (χ2n) is 5.22. The maximum Gasteiger partial charge on any atom is 0.0991 e. The van der Waals surface area contributed by atoms with E-state index in [1.165, 1.54) is 16.8 Å². The molecule has 0 saturated carbocycles. The summed E-state index contributed by atoms with van der Waals surface area (Å²) >= 11 is 0. The number of fused-ring (bicyclic) bond motifs is 1. The van der Waals surface area contributed by atoms with Crippen LogP contribution in [-0.4, -0.2) is 6.54 Å². The summed E-state index contributed by atoms with van der Waals surface area (Å²) in [5.41, 5.74) is 11.3. The van der Waals surface area contributed by atoms with Crippen LogP contribution in [0.2, 0.25) is 0 Å². The maximum atomic E-state index is 8.83. The predicted molar refractivity (Wildman–Crippen MR) is 81.4 cm³/mol. The third kappa shape index (κ3) is 2.46. The summed E-state index contributed by atoms with van der Waals surface area (Å²) in [4.78, 5) is 2.39. The number of aryl methyl sites for hydroxylation is 1. The number of nitriles is 1. The SMILES string of the molecule is N#Cc1ccc(CN2CCCc3cc(N)ccc32)cc1. The molecule has 3 heteroatoms. The fourth-order valence-electron chi connectivity index (χ4n) is 2.76. The molecule has 0 aromatic heterocycles. The Labute approximate surface area is 119 Å². The molecule has 100 valence electrons. The van der Waals surface area contributed by atoms with Crippen molar-refractivity contribution in [1.29, 1.82) is 5.26 Å². The van der Waals surface area contributed by atoms with Gasteiger partial charge in [0.05, 0.1) is 11.6 Å². The molecular weight excluding hydrogens is 246 g/mol. The van der Waals surface area contributed by atoms with Crippen molar-refractivity contribution >= 4 is 11.4 Å². The van der Waals surface area contributed by atoms with Crippen LogP contribution in [-0.2, 0) is 13.0 Å². The van der Waals surface area contributed by atoms with Gasteiger partial charge < -0.3 is 10.6 Å². The summed E-state index contributed by atoms with van der Waals surface area (Å²) in [5.74, 6) is 0. The highest BCUT2D eigenvalue weighted by molar-refractivity contribution is 5.61. The van der Waals surface area contributed by atoms with E-state index in [0.29, 0.717) is 5.56 Å². The average molecular weight is 263 g/mol. The van der Waals surface area contributed by atoms with Crippen LogP contribution in [0.25, 0.3) is 0 Å². The van der Waals surface area contributed by atoms with E-state index in [-0.39, 0.29) is 0 Å². The first kappa shape index (κ1) is 12.6. The van der Waals surface area contributed by atoms with Gasteiger partial charge in [0, 0.05) is 24.5 Å². The van der Waals surface area contributed by atoms with Crippen LogP contribution in [0.1, 0.15) is 23.1 Å². The monoisotopic (exact) mass is 263 g/mol. The number of nitrogen functional groups attached to an aromatic ring is 1. The van der Waals surface area contributed by atoms with E-state index >= 15 is 0 Å². The van der Waals surface area contributed by atoms with E-state index < -0.39 is 0 Å². The molecule has 0 atom stereocenters. The molecule has 0 unspecified atom stereocenters. The molecule has 1 aliphatic heterocycles. The third-order valence-electron chi connectivity index (χ3n) is 3.77. The lowest BCUT2D eigenvalue weighted by molar-refractivity contribution is 0.691. The fraction of sp³-hybridized carbons (Fsp3) is 0.235. The van der Waals surface area contributed by atoms with E-state index in [4.69, 9.17) is 11.0 Å². The molecule has 0 saturated heterocycles. The summed E-state index contributed by atoms with van der Waals surface area (Å²) < 4.78 is 0. The fourth-order valence-corrected chi connectivity index (χ4v) is 2.76. The molecule has 0 aliphatic carbocycles. The Morgan fingerprint density at radius 2 is 1.95 bits per heavy atom. The number of nitrogens with two attached hydrogens (primary N) is 1. The Bertz CT molecular complexity index is 653. The molecular formula is C17H17N3. The quantitative estimate of drug-likeness (QED) is 0.847. The standard InChI is InChI=1S/C17H17N3/c18-11-13-3-5-14(6-4-13)12-20-9-1-2-15-10-16(19)7-8-17(15)20/h3-8,10H,1-2,9,12,19H2. The van der Waals surface area contributed by atoms with Gasteiger partial charge >= 0.3 is 0 Å². The number of hydrogen-bond acceptors (Lipinski definition) is 3. The summed E-state index contributed by atoms with van der Waals surface area (Å²) in [6.07, 6.45) is 2.26. The van der Waals surface area contributed by atoms with E-state index in [2.05, 4.69) is 23.1 Å². The van der Waals surface area contributed by atoms with Gasteiger partial charge in [-0.2, -0.15) is 5.26 Å². The Morgan fingerprint density at radius 1 is 1.15 bits per heavy atom. The number of benzene rings is 2. The van der Waals surface area contributed by atoms with E-state index in [1.807, 2.05) is 30.3 Å². The van der Waals surface area contributed by atoms with Crippen LogP contribution in [0.15, 0.2) is 42.5 Å². The van der Waals surface area contributed by atoms with Crippen molar-refractivity contribution in [2.45, 2.75) is 19.4 Å². The third-order valence-corrected chi connectivity index (χ3v) is 3.77. The van der Waals surface area contributed by atoms with E-state index in [1.54, 1.807) is 0 Å². The molecule has 0 radical (unpaired) electrons. The molecule has 2 N–H and O–H groups in total. The average Bonchev–Trinajstić information content (AvgIpc) is 2.48. The lowest BCUT2D eigenvalue weighted by Gasteiger charge is -2.31. The first-order chi connectivity index (χ1) is 9.76. The number of anilines is 2. The summed E-state index contributed by atoms with van der Waals surface area (Å²) in [7, 11) is 0. The van der Waals surface area contributed by atoms with Gasteiger partial charge in [0.1, 0.15) is 0 Å². The van der Waals surface area contributed by atoms with Crippen LogP contribution in [0.3, 0.4) is 0 Å². The summed E-state index contributed by atoms with van der Waals surface area (Å²) in [6, 6.07) is 16.1. The number of hydrogen-bond donors (Lipinski definition) is 1. The lowest BCUT2D eigenvalue weighted by atomic mass is 10.00. The van der Waals surface area contributed by atoms with Gasteiger partial charge in [-0.15, -0.1) is 0 Å². The molecule has 20 heavy (non-hydrogen) atoms. The van der Waals surface area contributed by atoms with Gasteiger partial charge in [0.25, 0.3) is 0 Å². The second-order valence-corrected chi connectivity index (χ2v) is 5.22. The zero-order chi connectivity index (χ0) is 13.9. The second kappa shape index (κ2) is 5.26. The maximum absolute atomic E-state index is 8.83. The van der Waals surface area contributed by atoms with Crippen LogP contribution < -0.4 is 10.6 Å². The minimum absolute atomic E-state index is 0.709. The lowest BCUT2D eigenvalue weighted by Crippen LogP contribution is -2.28. The Kier molecular flexibility index (Phi) is 3.30. The molecule has 3 nitrogen and oxygen atoms in total.